The summed E-state index contributed by atoms with van der Waals surface area (Å²) in [5.41, 5.74) is 0.697. The highest BCUT2D eigenvalue weighted by Gasteiger charge is 2.31. The van der Waals surface area contributed by atoms with Gasteiger partial charge in [0.15, 0.2) is 5.03 Å². The van der Waals surface area contributed by atoms with Crippen LogP contribution in [0, 0.1) is 22.0 Å². The van der Waals surface area contributed by atoms with E-state index in [4.69, 9.17) is 0 Å². The summed E-state index contributed by atoms with van der Waals surface area (Å²) in [6, 6.07) is 13.0. The normalized spacial score (nSPS) is 14.5. The third kappa shape index (κ3) is 15.6. The van der Waals surface area contributed by atoms with E-state index in [-0.39, 0.29) is 54.2 Å². The molecule has 2 aromatic carbocycles. The standard InChI is InChI=1S/C41H58N6O8S2/c1-6-8-17-31(39(52)46-32(22-26(3)4)36(49)24-38(51)44-34(25-48)27(5)7-2)45-40(53)33(23-29-15-11-14-28-13-9-10-16-30(28)29)43-37(50)19-21-56-57-41-35(47(54)55)18-12-20-42-41/h9-16,18,20,26-27,31-34,36,48-49H,6-8,17,19,21-25H2,1-5H3,(H,43,50)(H,44,51)(H,45,53)(H,46,52)/t27-,31-,32-,33-,34+,36-/m0/s1. The van der Waals surface area contributed by atoms with Crippen molar-refractivity contribution in [2.75, 3.05) is 12.4 Å². The minimum absolute atomic E-state index is 0.0100. The third-order valence-electron chi connectivity index (χ3n) is 9.72. The summed E-state index contributed by atoms with van der Waals surface area (Å²) < 4.78 is 0. The average Bonchev–Trinajstić information content (AvgIpc) is 3.19. The lowest BCUT2D eigenvalue weighted by Gasteiger charge is -2.29. The molecule has 0 saturated carbocycles. The number of carbonyl (C=O) groups excluding carboxylic acids is 4. The predicted molar refractivity (Wildman–Crippen MR) is 225 cm³/mol. The number of unbranched alkanes of at least 4 members (excludes halogenated alkanes) is 1. The number of aliphatic hydroxyl groups is 2. The lowest BCUT2D eigenvalue weighted by molar-refractivity contribution is -0.388. The molecule has 0 aliphatic rings. The van der Waals surface area contributed by atoms with Gasteiger partial charge in [0.05, 0.1) is 36.1 Å². The Morgan fingerprint density at radius 3 is 2.28 bits per heavy atom. The molecule has 14 nitrogen and oxygen atoms in total. The maximum absolute atomic E-state index is 14.2. The molecule has 0 unspecified atom stereocenters. The van der Waals surface area contributed by atoms with Gasteiger partial charge in [-0.2, -0.15) is 0 Å². The van der Waals surface area contributed by atoms with E-state index in [1.54, 1.807) is 0 Å². The van der Waals surface area contributed by atoms with Gasteiger partial charge < -0.3 is 31.5 Å². The van der Waals surface area contributed by atoms with E-state index in [1.165, 1.54) is 29.1 Å². The number of nitrogens with one attached hydrogen (secondary N) is 4. The summed E-state index contributed by atoms with van der Waals surface area (Å²) in [6.45, 7) is 9.48. The Labute approximate surface area is 343 Å². The lowest BCUT2D eigenvalue weighted by Crippen LogP contribution is -2.57. The Morgan fingerprint density at radius 1 is 0.877 bits per heavy atom. The second-order valence-corrected chi connectivity index (χ2v) is 17.1. The van der Waals surface area contributed by atoms with Crippen LogP contribution >= 0.6 is 21.6 Å². The maximum Gasteiger partial charge on any atom is 0.302 e. The molecule has 0 aliphatic heterocycles. The number of aromatic nitrogens is 1. The highest BCUT2D eigenvalue weighted by molar-refractivity contribution is 8.76. The fraction of sp³-hybridized carbons (Fsp3) is 0.537. The third-order valence-corrected chi connectivity index (χ3v) is 12.0. The van der Waals surface area contributed by atoms with E-state index in [0.29, 0.717) is 19.3 Å². The Kier molecular flexibility index (Phi) is 20.3. The Bertz CT molecular complexity index is 1780. The van der Waals surface area contributed by atoms with E-state index in [1.807, 2.05) is 77.1 Å². The molecule has 1 aromatic heterocycles. The zero-order valence-electron chi connectivity index (χ0n) is 33.4. The Balaban J connectivity index is 1.78. The number of nitrogens with zero attached hydrogens (tertiary/aromatic N) is 2. The largest absolute Gasteiger partial charge is 0.394 e. The summed E-state index contributed by atoms with van der Waals surface area (Å²) >= 11 is 0. The van der Waals surface area contributed by atoms with Gasteiger partial charge in [-0.3, -0.25) is 29.3 Å². The number of rotatable bonds is 25. The highest BCUT2D eigenvalue weighted by atomic mass is 33.1. The van der Waals surface area contributed by atoms with Gasteiger partial charge in [-0.15, -0.1) is 0 Å². The van der Waals surface area contributed by atoms with E-state index in [0.717, 1.165) is 40.0 Å². The molecule has 3 aromatic rings. The number of carbonyl (C=O) groups is 4. The Morgan fingerprint density at radius 2 is 1.60 bits per heavy atom. The van der Waals surface area contributed by atoms with Crippen molar-refractivity contribution >= 4 is 61.7 Å². The number of aliphatic hydroxyl groups excluding tert-OH is 2. The number of hydrogen-bond acceptors (Lipinski definition) is 11. The number of fused-ring (bicyclic) bond motifs is 1. The van der Waals surface area contributed by atoms with Crippen LogP contribution in [0.1, 0.15) is 85.1 Å². The molecule has 16 heteroatoms. The first-order valence-corrected chi connectivity index (χ1v) is 21.9. The molecule has 6 atom stereocenters. The fourth-order valence-electron chi connectivity index (χ4n) is 6.29. The van der Waals surface area contributed by atoms with Gasteiger partial charge >= 0.3 is 5.69 Å². The van der Waals surface area contributed by atoms with Crippen molar-refractivity contribution < 1.29 is 34.3 Å². The first kappa shape index (κ1) is 47.1. The van der Waals surface area contributed by atoms with Gasteiger partial charge in [0.25, 0.3) is 0 Å². The molecule has 0 saturated heterocycles. The van der Waals surface area contributed by atoms with Crippen molar-refractivity contribution in [2.45, 2.75) is 121 Å². The first-order chi connectivity index (χ1) is 27.3. The molecular weight excluding hydrogens is 769 g/mol. The zero-order valence-corrected chi connectivity index (χ0v) is 35.1. The van der Waals surface area contributed by atoms with Gasteiger partial charge in [0.2, 0.25) is 23.6 Å². The van der Waals surface area contributed by atoms with E-state index < -0.39 is 58.8 Å². The number of nitro groups is 1. The first-order valence-electron chi connectivity index (χ1n) is 19.6. The number of benzene rings is 2. The van der Waals surface area contributed by atoms with Crippen LogP contribution in [0.5, 0.6) is 0 Å². The molecule has 4 amide bonds. The molecule has 1 heterocycles. The van der Waals surface area contributed by atoms with Crippen LogP contribution in [0.15, 0.2) is 65.8 Å². The topological polar surface area (TPSA) is 213 Å². The number of hydrogen-bond donors (Lipinski definition) is 6. The van der Waals surface area contributed by atoms with E-state index >= 15 is 0 Å². The van der Waals surface area contributed by atoms with E-state index in [2.05, 4.69) is 26.3 Å². The molecule has 312 valence electrons. The van der Waals surface area contributed by atoms with Crippen LogP contribution in [-0.2, 0) is 25.6 Å². The van der Waals surface area contributed by atoms with Crippen LogP contribution in [-0.4, -0.2) is 86.4 Å². The molecule has 3 rings (SSSR count). The monoisotopic (exact) mass is 826 g/mol. The SMILES string of the molecule is CCCC[C@H](NC(=O)[C@H](Cc1cccc2ccccc12)NC(=O)CCSSc1ncccc1[N+](=O)[O-])C(=O)N[C@@H](CC(C)C)[C@@H](O)CC(=O)N[C@H](CO)[C@@H](C)CC. The minimum atomic E-state index is -1.23. The van der Waals surface area contributed by atoms with Crippen molar-refractivity contribution in [2.24, 2.45) is 11.8 Å². The number of pyridine rings is 1. The predicted octanol–water partition coefficient (Wildman–Crippen LogP) is 5.48. The minimum Gasteiger partial charge on any atom is -0.394 e. The van der Waals surface area contributed by atoms with Crippen molar-refractivity contribution in [3.63, 3.8) is 0 Å². The van der Waals surface area contributed by atoms with Crippen LogP contribution in [0.3, 0.4) is 0 Å². The highest BCUT2D eigenvalue weighted by Crippen LogP contribution is 2.35. The fourth-order valence-corrected chi connectivity index (χ4v) is 8.30. The lowest BCUT2D eigenvalue weighted by atomic mass is 9.95. The van der Waals surface area contributed by atoms with Crippen LogP contribution in [0.25, 0.3) is 10.8 Å². The van der Waals surface area contributed by atoms with Gasteiger partial charge in [0.1, 0.15) is 12.1 Å². The summed E-state index contributed by atoms with van der Waals surface area (Å²) in [5.74, 6) is -1.56. The maximum atomic E-state index is 14.2. The second-order valence-electron chi connectivity index (χ2n) is 14.7. The molecule has 0 bridgehead atoms. The van der Waals surface area contributed by atoms with Crippen LogP contribution < -0.4 is 21.3 Å². The second kappa shape index (κ2) is 24.5. The molecule has 57 heavy (non-hydrogen) atoms. The van der Waals surface area contributed by atoms with Crippen LogP contribution in [0.4, 0.5) is 5.69 Å². The quantitative estimate of drug-likeness (QED) is 0.0272. The smallest absolute Gasteiger partial charge is 0.302 e. The average molecular weight is 827 g/mol. The molecule has 0 fully saturated rings. The summed E-state index contributed by atoms with van der Waals surface area (Å²) in [7, 11) is 2.33. The van der Waals surface area contributed by atoms with Crippen molar-refractivity contribution in [1.29, 1.82) is 0 Å². The van der Waals surface area contributed by atoms with Gasteiger partial charge in [-0.1, -0.05) is 107 Å². The van der Waals surface area contributed by atoms with Gasteiger partial charge in [0, 0.05) is 30.9 Å². The van der Waals surface area contributed by atoms with Gasteiger partial charge in [-0.05, 0) is 57.9 Å². The molecule has 0 spiro atoms. The van der Waals surface area contributed by atoms with Crippen molar-refractivity contribution in [1.82, 2.24) is 26.3 Å². The van der Waals surface area contributed by atoms with Crippen molar-refractivity contribution in [3.05, 3.63) is 76.5 Å². The molecular formula is C41H58N6O8S2. The van der Waals surface area contributed by atoms with E-state index in [9.17, 15) is 39.5 Å². The molecule has 0 aliphatic carbocycles. The summed E-state index contributed by atoms with van der Waals surface area (Å²) in [6.07, 6.45) is 2.86. The molecule has 0 radical (unpaired) electrons. The Hall–Kier alpha value is -4.25. The summed E-state index contributed by atoms with van der Waals surface area (Å²) in [4.78, 5) is 69.3. The zero-order chi connectivity index (χ0) is 41.9. The van der Waals surface area contributed by atoms with Crippen molar-refractivity contribution in [3.8, 4) is 0 Å². The summed E-state index contributed by atoms with van der Waals surface area (Å²) in [5, 5.41) is 45.9. The van der Waals surface area contributed by atoms with Crippen LogP contribution in [0.2, 0.25) is 0 Å². The molecule has 6 N–H and O–H groups in total. The van der Waals surface area contributed by atoms with Gasteiger partial charge in [-0.25, -0.2) is 4.98 Å². The number of amides is 4.